The summed E-state index contributed by atoms with van der Waals surface area (Å²) in [5.41, 5.74) is 6.51. The van der Waals surface area contributed by atoms with E-state index in [0.717, 1.165) is 12.2 Å². The van der Waals surface area contributed by atoms with Gasteiger partial charge in [-0.2, -0.15) is 0 Å². The molecule has 0 fully saturated rings. The fourth-order valence-electron chi connectivity index (χ4n) is 0.587. The first-order valence-electron chi connectivity index (χ1n) is 3.85. The van der Waals surface area contributed by atoms with Crippen LogP contribution in [0.2, 0.25) is 0 Å². The Kier molecular flexibility index (Phi) is 6.46. The monoisotopic (exact) mass is 175 g/mol. The molecule has 0 aliphatic heterocycles. The predicted octanol–water partition coefficient (Wildman–Crippen LogP) is 1.05. The van der Waals surface area contributed by atoms with E-state index in [1.54, 1.807) is 0 Å². The van der Waals surface area contributed by atoms with Crippen molar-refractivity contribution < 1.29 is 4.21 Å². The summed E-state index contributed by atoms with van der Waals surface area (Å²) in [4.78, 5) is 0. The molecule has 0 aliphatic carbocycles. The van der Waals surface area contributed by atoms with Crippen molar-refractivity contribution in [1.29, 1.82) is 0 Å². The third-order valence-corrected chi connectivity index (χ3v) is 2.54. The van der Waals surface area contributed by atoms with Gasteiger partial charge in [-0.3, -0.25) is 4.21 Å². The molecule has 66 valence electrons. The van der Waals surface area contributed by atoms with Crippen molar-refractivity contribution in [2.75, 3.05) is 18.1 Å². The smallest absolute Gasteiger partial charge is 0.0417 e. The van der Waals surface area contributed by atoms with Crippen molar-refractivity contribution in [2.45, 2.75) is 20.3 Å². The lowest BCUT2D eigenvalue weighted by Gasteiger charge is -1.96. The van der Waals surface area contributed by atoms with E-state index in [2.05, 4.69) is 0 Å². The lowest BCUT2D eigenvalue weighted by molar-refractivity contribution is 0.682. The van der Waals surface area contributed by atoms with Gasteiger partial charge in [0, 0.05) is 22.3 Å². The number of hydrogen-bond acceptors (Lipinski definition) is 2. The summed E-state index contributed by atoms with van der Waals surface area (Å²) in [5.74, 6) is 1.42. The SMILES string of the molecule is CC(C)=CCS(=O)CCCN. The van der Waals surface area contributed by atoms with Gasteiger partial charge in [0.15, 0.2) is 0 Å². The van der Waals surface area contributed by atoms with Gasteiger partial charge < -0.3 is 5.73 Å². The second kappa shape index (κ2) is 6.55. The van der Waals surface area contributed by atoms with Gasteiger partial charge >= 0.3 is 0 Å². The molecule has 0 rings (SSSR count). The lowest BCUT2D eigenvalue weighted by Crippen LogP contribution is -2.07. The topological polar surface area (TPSA) is 43.1 Å². The molecule has 2 nitrogen and oxygen atoms in total. The van der Waals surface area contributed by atoms with Gasteiger partial charge in [0.2, 0.25) is 0 Å². The Bertz CT molecular complexity index is 150. The average molecular weight is 175 g/mol. The molecule has 0 aromatic heterocycles. The van der Waals surface area contributed by atoms with E-state index in [0.29, 0.717) is 12.3 Å². The van der Waals surface area contributed by atoms with Crippen LogP contribution in [0.3, 0.4) is 0 Å². The average Bonchev–Trinajstić information content (AvgIpc) is 1.97. The minimum Gasteiger partial charge on any atom is -0.330 e. The van der Waals surface area contributed by atoms with Gasteiger partial charge in [-0.05, 0) is 26.8 Å². The van der Waals surface area contributed by atoms with Crippen molar-refractivity contribution in [3.63, 3.8) is 0 Å². The lowest BCUT2D eigenvalue weighted by atomic mass is 10.3. The molecular formula is C8H17NOS. The minimum absolute atomic E-state index is 0.639. The van der Waals surface area contributed by atoms with Crippen LogP contribution in [0.1, 0.15) is 20.3 Å². The molecule has 3 heteroatoms. The molecule has 0 aliphatic rings. The molecule has 0 saturated carbocycles. The molecule has 0 amide bonds. The number of rotatable bonds is 5. The fourth-order valence-corrected chi connectivity index (χ4v) is 1.76. The van der Waals surface area contributed by atoms with Crippen LogP contribution in [-0.4, -0.2) is 22.3 Å². The highest BCUT2D eigenvalue weighted by atomic mass is 32.2. The Hall–Kier alpha value is -0.150. The van der Waals surface area contributed by atoms with Crippen LogP contribution in [0.4, 0.5) is 0 Å². The zero-order chi connectivity index (χ0) is 8.69. The van der Waals surface area contributed by atoms with Gasteiger partial charge in [0.1, 0.15) is 0 Å². The molecule has 0 spiro atoms. The normalized spacial score (nSPS) is 12.6. The summed E-state index contributed by atoms with van der Waals surface area (Å²) >= 11 is 0. The van der Waals surface area contributed by atoms with E-state index >= 15 is 0 Å². The Balaban J connectivity index is 3.45. The molecule has 11 heavy (non-hydrogen) atoms. The fraction of sp³-hybridized carbons (Fsp3) is 0.750. The second-order valence-electron chi connectivity index (χ2n) is 2.73. The van der Waals surface area contributed by atoms with Gasteiger partial charge in [-0.15, -0.1) is 0 Å². The van der Waals surface area contributed by atoms with Crippen LogP contribution in [-0.2, 0) is 10.8 Å². The molecule has 2 N–H and O–H groups in total. The van der Waals surface area contributed by atoms with Crippen molar-refractivity contribution in [3.8, 4) is 0 Å². The van der Waals surface area contributed by atoms with Crippen LogP contribution in [0.25, 0.3) is 0 Å². The van der Waals surface area contributed by atoms with E-state index < -0.39 is 10.8 Å². The van der Waals surface area contributed by atoms with Gasteiger partial charge in [0.25, 0.3) is 0 Å². The maximum Gasteiger partial charge on any atom is 0.0417 e. The highest BCUT2D eigenvalue weighted by molar-refractivity contribution is 7.85. The third kappa shape index (κ3) is 7.75. The zero-order valence-corrected chi connectivity index (χ0v) is 8.12. The molecule has 0 heterocycles. The van der Waals surface area contributed by atoms with Gasteiger partial charge in [-0.25, -0.2) is 0 Å². The van der Waals surface area contributed by atoms with Crippen LogP contribution in [0.15, 0.2) is 11.6 Å². The summed E-state index contributed by atoms with van der Waals surface area (Å²) in [6.07, 6.45) is 2.87. The molecule has 0 aromatic carbocycles. The quantitative estimate of drug-likeness (QED) is 0.635. The second-order valence-corrected chi connectivity index (χ2v) is 4.36. The van der Waals surface area contributed by atoms with Crippen molar-refractivity contribution in [2.24, 2.45) is 5.73 Å². The molecule has 0 bridgehead atoms. The number of allylic oxidation sites excluding steroid dienone is 1. The summed E-state index contributed by atoms with van der Waals surface area (Å²) in [5, 5.41) is 0. The van der Waals surface area contributed by atoms with E-state index in [1.807, 2.05) is 19.9 Å². The summed E-state index contributed by atoms with van der Waals surface area (Å²) < 4.78 is 11.1. The Morgan fingerprint density at radius 2 is 2.18 bits per heavy atom. The molecule has 0 radical (unpaired) electrons. The zero-order valence-electron chi connectivity index (χ0n) is 7.30. The predicted molar refractivity (Wildman–Crippen MR) is 51.0 cm³/mol. The van der Waals surface area contributed by atoms with E-state index in [4.69, 9.17) is 5.73 Å². The van der Waals surface area contributed by atoms with E-state index in [9.17, 15) is 4.21 Å². The molecular weight excluding hydrogens is 158 g/mol. The van der Waals surface area contributed by atoms with Gasteiger partial charge in [-0.1, -0.05) is 11.6 Å². The first-order valence-corrected chi connectivity index (χ1v) is 5.34. The Labute approximate surface area is 71.3 Å². The van der Waals surface area contributed by atoms with Crippen LogP contribution < -0.4 is 5.73 Å². The summed E-state index contributed by atoms with van der Waals surface area (Å²) in [7, 11) is -0.697. The molecule has 1 unspecified atom stereocenters. The standard InChI is InChI=1S/C8H17NOS/c1-8(2)4-7-11(10)6-3-5-9/h4H,3,5-7,9H2,1-2H3. The first-order chi connectivity index (χ1) is 5.16. The van der Waals surface area contributed by atoms with Crippen molar-refractivity contribution in [1.82, 2.24) is 0 Å². The minimum atomic E-state index is -0.697. The highest BCUT2D eigenvalue weighted by Crippen LogP contribution is 1.92. The summed E-state index contributed by atoms with van der Waals surface area (Å²) in [6, 6.07) is 0. The van der Waals surface area contributed by atoms with Crippen LogP contribution in [0.5, 0.6) is 0 Å². The molecule has 0 saturated heterocycles. The molecule has 0 aromatic rings. The Morgan fingerprint density at radius 1 is 1.55 bits per heavy atom. The Morgan fingerprint density at radius 3 is 2.64 bits per heavy atom. The van der Waals surface area contributed by atoms with E-state index in [-0.39, 0.29) is 0 Å². The van der Waals surface area contributed by atoms with E-state index in [1.165, 1.54) is 5.57 Å². The first kappa shape index (κ1) is 10.8. The largest absolute Gasteiger partial charge is 0.330 e. The maximum atomic E-state index is 11.1. The van der Waals surface area contributed by atoms with Crippen molar-refractivity contribution >= 4 is 10.8 Å². The van der Waals surface area contributed by atoms with Crippen LogP contribution >= 0.6 is 0 Å². The highest BCUT2D eigenvalue weighted by Gasteiger charge is 1.94. The number of hydrogen-bond donors (Lipinski definition) is 1. The van der Waals surface area contributed by atoms with Crippen molar-refractivity contribution in [3.05, 3.63) is 11.6 Å². The molecule has 1 atom stereocenters. The maximum absolute atomic E-state index is 11.1. The van der Waals surface area contributed by atoms with Gasteiger partial charge in [0.05, 0.1) is 0 Å². The summed E-state index contributed by atoms with van der Waals surface area (Å²) in [6.45, 7) is 4.67. The number of nitrogens with two attached hydrogens (primary N) is 1. The third-order valence-electron chi connectivity index (χ3n) is 1.25. The van der Waals surface area contributed by atoms with Crippen LogP contribution in [0, 0.1) is 0 Å².